The summed E-state index contributed by atoms with van der Waals surface area (Å²) in [4.78, 5) is 12.3. The molecule has 5 heteroatoms. The number of carbonyl (C=O) groups excluding carboxylic acids is 1. The number of anilines is 1. The Hall–Kier alpha value is -1.26. The van der Waals surface area contributed by atoms with Crippen molar-refractivity contribution >= 4 is 24.0 Å². The molecule has 0 heterocycles. The summed E-state index contributed by atoms with van der Waals surface area (Å²) in [6, 6.07) is 7.70. The van der Waals surface area contributed by atoms with Crippen LogP contribution in [0.3, 0.4) is 0 Å². The van der Waals surface area contributed by atoms with Gasteiger partial charge in [-0.1, -0.05) is 12.1 Å². The van der Waals surface area contributed by atoms with Crippen LogP contribution in [0.1, 0.15) is 40.0 Å². The van der Waals surface area contributed by atoms with Gasteiger partial charge in [-0.15, -0.1) is 12.4 Å². The average molecular weight is 313 g/mol. The summed E-state index contributed by atoms with van der Waals surface area (Å²) in [5, 5.41) is 2.98. The third-order valence-corrected chi connectivity index (χ3v) is 3.41. The van der Waals surface area contributed by atoms with E-state index in [1.165, 1.54) is 0 Å². The van der Waals surface area contributed by atoms with Crippen molar-refractivity contribution in [3.05, 3.63) is 24.3 Å². The van der Waals surface area contributed by atoms with Crippen molar-refractivity contribution in [2.45, 2.75) is 51.7 Å². The molecule has 21 heavy (non-hydrogen) atoms. The molecule has 0 saturated heterocycles. The lowest BCUT2D eigenvalue weighted by Gasteiger charge is -2.23. The van der Waals surface area contributed by atoms with Crippen LogP contribution in [-0.2, 0) is 4.79 Å². The monoisotopic (exact) mass is 312 g/mol. The van der Waals surface area contributed by atoms with E-state index in [2.05, 4.69) is 5.32 Å². The van der Waals surface area contributed by atoms with Crippen molar-refractivity contribution in [1.29, 1.82) is 0 Å². The molecule has 0 radical (unpaired) electrons. The van der Waals surface area contributed by atoms with E-state index < -0.39 is 0 Å². The highest BCUT2D eigenvalue weighted by molar-refractivity contribution is 5.94. The van der Waals surface area contributed by atoms with Crippen LogP contribution in [0.2, 0.25) is 0 Å². The van der Waals surface area contributed by atoms with Crippen LogP contribution in [0.5, 0.6) is 5.75 Å². The summed E-state index contributed by atoms with van der Waals surface area (Å²) in [5.74, 6) is 0.770. The number of hydrogen-bond donors (Lipinski definition) is 2. The van der Waals surface area contributed by atoms with Gasteiger partial charge in [0.05, 0.1) is 5.69 Å². The second-order valence-corrected chi connectivity index (χ2v) is 6.47. The maximum absolute atomic E-state index is 12.3. The molecule has 1 aromatic carbocycles. The van der Waals surface area contributed by atoms with Gasteiger partial charge in [0.1, 0.15) is 11.4 Å². The van der Waals surface area contributed by atoms with Crippen molar-refractivity contribution in [2.75, 3.05) is 5.32 Å². The fourth-order valence-electron chi connectivity index (χ4n) is 2.48. The molecule has 2 atom stereocenters. The van der Waals surface area contributed by atoms with Crippen molar-refractivity contribution in [3.63, 3.8) is 0 Å². The van der Waals surface area contributed by atoms with Gasteiger partial charge < -0.3 is 15.8 Å². The van der Waals surface area contributed by atoms with Crippen molar-refractivity contribution in [1.82, 2.24) is 0 Å². The summed E-state index contributed by atoms with van der Waals surface area (Å²) in [6.45, 7) is 5.96. The summed E-state index contributed by atoms with van der Waals surface area (Å²) < 4.78 is 5.88. The van der Waals surface area contributed by atoms with E-state index in [1.807, 2.05) is 45.0 Å². The van der Waals surface area contributed by atoms with Gasteiger partial charge in [-0.2, -0.15) is 0 Å². The average Bonchev–Trinajstić information content (AvgIpc) is 2.77. The summed E-state index contributed by atoms with van der Waals surface area (Å²) in [6.07, 6.45) is 2.57. The van der Waals surface area contributed by atoms with E-state index in [0.29, 0.717) is 5.75 Å². The predicted octanol–water partition coefficient (Wildman–Crippen LogP) is 3.35. The zero-order valence-electron chi connectivity index (χ0n) is 12.9. The molecule has 1 saturated carbocycles. The molecule has 1 aliphatic carbocycles. The molecule has 4 nitrogen and oxygen atoms in total. The lowest BCUT2D eigenvalue weighted by molar-refractivity contribution is -0.119. The van der Waals surface area contributed by atoms with Crippen molar-refractivity contribution in [2.24, 2.45) is 11.7 Å². The lowest BCUT2D eigenvalue weighted by atomic mass is 10.1. The van der Waals surface area contributed by atoms with Gasteiger partial charge in [0.15, 0.2) is 0 Å². The van der Waals surface area contributed by atoms with Crippen molar-refractivity contribution < 1.29 is 9.53 Å². The maximum Gasteiger partial charge on any atom is 0.227 e. The second-order valence-electron chi connectivity index (χ2n) is 6.47. The zero-order chi connectivity index (χ0) is 14.8. The molecular formula is C16H25ClN2O2. The smallest absolute Gasteiger partial charge is 0.227 e. The molecule has 1 aromatic rings. The van der Waals surface area contributed by atoms with Gasteiger partial charge in [0, 0.05) is 12.0 Å². The fraction of sp³-hybridized carbons (Fsp3) is 0.562. The van der Waals surface area contributed by atoms with E-state index >= 15 is 0 Å². The molecule has 0 spiro atoms. The Morgan fingerprint density at radius 1 is 1.29 bits per heavy atom. The molecule has 0 bridgehead atoms. The first-order chi connectivity index (χ1) is 9.35. The topological polar surface area (TPSA) is 64.3 Å². The quantitative estimate of drug-likeness (QED) is 0.899. The summed E-state index contributed by atoms with van der Waals surface area (Å²) in [7, 11) is 0. The zero-order valence-corrected chi connectivity index (χ0v) is 13.7. The van der Waals surface area contributed by atoms with Crippen LogP contribution in [0.25, 0.3) is 0 Å². The minimum absolute atomic E-state index is 0. The van der Waals surface area contributed by atoms with Crippen LogP contribution >= 0.6 is 12.4 Å². The molecule has 118 valence electrons. The molecular weight excluding hydrogens is 288 g/mol. The number of para-hydroxylation sites is 2. The molecule has 3 N–H and O–H groups in total. The van der Waals surface area contributed by atoms with Crippen LogP contribution in [0, 0.1) is 5.92 Å². The normalized spacial score (nSPS) is 21.5. The van der Waals surface area contributed by atoms with Gasteiger partial charge in [-0.05, 0) is 52.2 Å². The molecule has 2 rings (SSSR count). The molecule has 1 amide bonds. The molecule has 1 aliphatic rings. The number of benzene rings is 1. The standard InChI is InChI=1S/C16H24N2O2.ClH/c1-16(2,3)20-14-7-5-4-6-13(14)18-15(19)11-8-9-12(17)10-11;/h4-7,11-12H,8-10,17H2,1-3H3,(H,18,19);1H. The highest BCUT2D eigenvalue weighted by Crippen LogP contribution is 2.30. The number of nitrogens with one attached hydrogen (secondary N) is 1. The number of halogens is 1. The van der Waals surface area contributed by atoms with Gasteiger partial charge in [0.25, 0.3) is 0 Å². The Labute approximate surface area is 132 Å². The number of hydrogen-bond acceptors (Lipinski definition) is 3. The van der Waals surface area contributed by atoms with Gasteiger partial charge in [-0.3, -0.25) is 4.79 Å². The minimum atomic E-state index is -0.295. The third kappa shape index (κ3) is 5.21. The first kappa shape index (κ1) is 17.8. The lowest BCUT2D eigenvalue weighted by Crippen LogP contribution is -2.26. The predicted molar refractivity (Wildman–Crippen MR) is 88.0 cm³/mol. The van der Waals surface area contributed by atoms with E-state index in [9.17, 15) is 4.79 Å². The fourth-order valence-corrected chi connectivity index (χ4v) is 2.48. The second kappa shape index (κ2) is 7.14. The molecule has 0 aromatic heterocycles. The first-order valence-electron chi connectivity index (χ1n) is 7.19. The summed E-state index contributed by atoms with van der Waals surface area (Å²) >= 11 is 0. The van der Waals surface area contributed by atoms with Gasteiger partial charge in [0.2, 0.25) is 5.91 Å². The first-order valence-corrected chi connectivity index (χ1v) is 7.19. The number of ether oxygens (including phenoxy) is 1. The van der Waals surface area contributed by atoms with Gasteiger partial charge in [-0.25, -0.2) is 0 Å². The van der Waals surface area contributed by atoms with E-state index in [-0.39, 0.29) is 35.9 Å². The molecule has 2 unspecified atom stereocenters. The van der Waals surface area contributed by atoms with E-state index in [1.54, 1.807) is 0 Å². The van der Waals surface area contributed by atoms with Crippen LogP contribution in [0.4, 0.5) is 5.69 Å². The number of amides is 1. The van der Waals surface area contributed by atoms with Gasteiger partial charge >= 0.3 is 0 Å². The minimum Gasteiger partial charge on any atom is -0.486 e. The SMILES string of the molecule is CC(C)(C)Oc1ccccc1NC(=O)C1CCC(N)C1.Cl. The number of carbonyl (C=O) groups is 1. The highest BCUT2D eigenvalue weighted by Gasteiger charge is 2.28. The highest BCUT2D eigenvalue weighted by atomic mass is 35.5. The van der Waals surface area contributed by atoms with Crippen molar-refractivity contribution in [3.8, 4) is 5.75 Å². The Morgan fingerprint density at radius 2 is 1.95 bits per heavy atom. The van der Waals surface area contributed by atoms with Crippen LogP contribution in [0.15, 0.2) is 24.3 Å². The number of nitrogens with two attached hydrogens (primary N) is 1. The van der Waals surface area contributed by atoms with E-state index in [4.69, 9.17) is 10.5 Å². The Bertz CT molecular complexity index is 485. The number of rotatable bonds is 3. The Kier molecular flexibility index (Phi) is 6.05. The Morgan fingerprint density at radius 3 is 2.52 bits per heavy atom. The molecule has 1 fully saturated rings. The summed E-state index contributed by atoms with van der Waals surface area (Å²) in [5.41, 5.74) is 6.30. The maximum atomic E-state index is 12.3. The molecule has 0 aliphatic heterocycles. The van der Waals surface area contributed by atoms with E-state index in [0.717, 1.165) is 24.9 Å². The van der Waals surface area contributed by atoms with Crippen LogP contribution in [-0.4, -0.2) is 17.6 Å². The third-order valence-electron chi connectivity index (χ3n) is 3.41. The van der Waals surface area contributed by atoms with Crippen LogP contribution < -0.4 is 15.8 Å². The largest absolute Gasteiger partial charge is 0.486 e. The Balaban J connectivity index is 0.00000220.